The van der Waals surface area contributed by atoms with E-state index in [1.165, 1.54) is 6.07 Å². The highest BCUT2D eigenvalue weighted by atomic mass is 32.2. The van der Waals surface area contributed by atoms with E-state index in [-0.39, 0.29) is 16.7 Å². The molecule has 0 saturated carbocycles. The van der Waals surface area contributed by atoms with Gasteiger partial charge >= 0.3 is 0 Å². The molecule has 1 fully saturated rings. The molecule has 138 valence electrons. The van der Waals surface area contributed by atoms with Crippen molar-refractivity contribution in [2.24, 2.45) is 5.92 Å². The van der Waals surface area contributed by atoms with Gasteiger partial charge in [0.1, 0.15) is 0 Å². The molecular weight excluding hydrogens is 354 g/mol. The SMILES string of the molecule is O=C(CNS(=O)(=O)c1cccc2ccccc12)NC(=O)C1CCNCC1. The molecule has 1 aliphatic heterocycles. The van der Waals surface area contributed by atoms with Gasteiger partial charge in [0.15, 0.2) is 0 Å². The van der Waals surface area contributed by atoms with Gasteiger partial charge in [-0.3, -0.25) is 14.9 Å². The minimum atomic E-state index is -3.87. The van der Waals surface area contributed by atoms with Gasteiger partial charge in [-0.05, 0) is 37.4 Å². The summed E-state index contributed by atoms with van der Waals surface area (Å²) in [5, 5.41) is 6.79. The van der Waals surface area contributed by atoms with Crippen LogP contribution < -0.4 is 15.4 Å². The lowest BCUT2D eigenvalue weighted by Crippen LogP contribution is -2.44. The molecule has 0 spiro atoms. The third-order valence-corrected chi connectivity index (χ3v) is 5.89. The Bertz CT molecular complexity index is 916. The number of imide groups is 1. The van der Waals surface area contributed by atoms with Gasteiger partial charge in [-0.1, -0.05) is 36.4 Å². The van der Waals surface area contributed by atoms with Gasteiger partial charge in [-0.25, -0.2) is 13.1 Å². The van der Waals surface area contributed by atoms with Gasteiger partial charge in [-0.15, -0.1) is 0 Å². The molecule has 0 unspecified atom stereocenters. The Balaban J connectivity index is 1.64. The zero-order chi connectivity index (χ0) is 18.6. The van der Waals surface area contributed by atoms with Crippen molar-refractivity contribution >= 4 is 32.6 Å². The number of sulfonamides is 1. The van der Waals surface area contributed by atoms with Crippen molar-refractivity contribution in [2.75, 3.05) is 19.6 Å². The van der Waals surface area contributed by atoms with E-state index in [0.29, 0.717) is 18.2 Å². The molecule has 2 aromatic carbocycles. The molecule has 2 aromatic rings. The quantitative estimate of drug-likeness (QED) is 0.716. The summed E-state index contributed by atoms with van der Waals surface area (Å²) in [5.74, 6) is -1.21. The Morgan fingerprint density at radius 2 is 1.73 bits per heavy atom. The highest BCUT2D eigenvalue weighted by molar-refractivity contribution is 7.89. The normalized spacial score (nSPS) is 15.7. The van der Waals surface area contributed by atoms with Crippen molar-refractivity contribution in [1.29, 1.82) is 0 Å². The standard InChI is InChI=1S/C18H21N3O4S/c22-17(21-18(23)14-8-10-19-11-9-14)12-20-26(24,25)16-7-3-5-13-4-1-2-6-15(13)16/h1-7,14,19-20H,8-12H2,(H,21,22,23). The van der Waals surface area contributed by atoms with Gasteiger partial charge < -0.3 is 5.32 Å². The number of benzene rings is 2. The van der Waals surface area contributed by atoms with Crippen molar-refractivity contribution in [2.45, 2.75) is 17.7 Å². The fraction of sp³-hybridized carbons (Fsp3) is 0.333. The summed E-state index contributed by atoms with van der Waals surface area (Å²) in [5.41, 5.74) is 0. The summed E-state index contributed by atoms with van der Waals surface area (Å²) in [6.45, 7) is 0.988. The first-order valence-corrected chi connectivity index (χ1v) is 9.97. The van der Waals surface area contributed by atoms with Gasteiger partial charge in [0.05, 0.1) is 11.4 Å². The van der Waals surface area contributed by atoms with Gasteiger partial charge in [-0.2, -0.15) is 0 Å². The zero-order valence-corrected chi connectivity index (χ0v) is 15.0. The van der Waals surface area contributed by atoms with Crippen LogP contribution in [-0.2, 0) is 19.6 Å². The van der Waals surface area contributed by atoms with Crippen LogP contribution in [0.2, 0.25) is 0 Å². The number of carbonyl (C=O) groups excluding carboxylic acids is 2. The molecule has 3 N–H and O–H groups in total. The maximum Gasteiger partial charge on any atom is 0.241 e. The maximum absolute atomic E-state index is 12.6. The van der Waals surface area contributed by atoms with Crippen LogP contribution >= 0.6 is 0 Å². The molecule has 0 atom stereocenters. The molecule has 0 aliphatic carbocycles. The van der Waals surface area contributed by atoms with E-state index in [4.69, 9.17) is 0 Å². The predicted molar refractivity (Wildman–Crippen MR) is 97.9 cm³/mol. The predicted octanol–water partition coefficient (Wildman–Crippen LogP) is 0.760. The summed E-state index contributed by atoms with van der Waals surface area (Å²) >= 11 is 0. The first-order chi connectivity index (χ1) is 12.5. The Morgan fingerprint density at radius 1 is 1.04 bits per heavy atom. The van der Waals surface area contributed by atoms with E-state index in [1.54, 1.807) is 18.2 Å². The molecule has 0 aromatic heterocycles. The molecule has 1 aliphatic rings. The van der Waals surface area contributed by atoms with Crippen LogP contribution in [-0.4, -0.2) is 39.9 Å². The van der Waals surface area contributed by atoms with Crippen LogP contribution in [0.4, 0.5) is 0 Å². The fourth-order valence-electron chi connectivity index (χ4n) is 3.04. The van der Waals surface area contributed by atoms with Crippen LogP contribution in [0.5, 0.6) is 0 Å². The number of hydrogen-bond acceptors (Lipinski definition) is 5. The molecule has 0 radical (unpaired) electrons. The average molecular weight is 375 g/mol. The Kier molecular flexibility index (Phi) is 5.65. The van der Waals surface area contributed by atoms with Crippen LogP contribution in [0.3, 0.4) is 0 Å². The third kappa shape index (κ3) is 4.27. The number of fused-ring (bicyclic) bond motifs is 1. The summed E-state index contributed by atoms with van der Waals surface area (Å²) in [7, 11) is -3.87. The van der Waals surface area contributed by atoms with Gasteiger partial charge in [0, 0.05) is 11.3 Å². The highest BCUT2D eigenvalue weighted by Gasteiger charge is 2.23. The third-order valence-electron chi connectivity index (χ3n) is 4.43. The fourth-order valence-corrected chi connectivity index (χ4v) is 4.25. The maximum atomic E-state index is 12.6. The lowest BCUT2D eigenvalue weighted by molar-refractivity contribution is -0.132. The van der Waals surface area contributed by atoms with Crippen LogP contribution in [0, 0.1) is 5.92 Å². The second-order valence-corrected chi connectivity index (χ2v) is 7.97. The summed E-state index contributed by atoms with van der Waals surface area (Å²) < 4.78 is 27.4. The molecule has 3 rings (SSSR count). The monoisotopic (exact) mass is 375 g/mol. The minimum Gasteiger partial charge on any atom is -0.317 e. The van der Waals surface area contributed by atoms with E-state index in [1.807, 2.05) is 18.2 Å². The summed E-state index contributed by atoms with van der Waals surface area (Å²) in [4.78, 5) is 24.1. The largest absolute Gasteiger partial charge is 0.317 e. The first-order valence-electron chi connectivity index (χ1n) is 8.49. The molecule has 1 heterocycles. The number of nitrogens with one attached hydrogen (secondary N) is 3. The smallest absolute Gasteiger partial charge is 0.241 e. The number of carbonyl (C=O) groups is 2. The van der Waals surface area contributed by atoms with Crippen molar-refractivity contribution in [3.63, 3.8) is 0 Å². The van der Waals surface area contributed by atoms with Crippen molar-refractivity contribution in [1.82, 2.24) is 15.4 Å². The van der Waals surface area contributed by atoms with Crippen molar-refractivity contribution < 1.29 is 18.0 Å². The molecule has 7 nitrogen and oxygen atoms in total. The summed E-state index contributed by atoms with van der Waals surface area (Å²) in [6, 6.07) is 12.1. The second kappa shape index (κ2) is 7.94. The lowest BCUT2D eigenvalue weighted by Gasteiger charge is -2.21. The number of hydrogen-bond donors (Lipinski definition) is 3. The Labute approximate surface area is 152 Å². The van der Waals surface area contributed by atoms with E-state index >= 15 is 0 Å². The van der Waals surface area contributed by atoms with Gasteiger partial charge in [0.25, 0.3) is 0 Å². The van der Waals surface area contributed by atoms with Gasteiger partial charge in [0.2, 0.25) is 21.8 Å². The van der Waals surface area contributed by atoms with E-state index in [0.717, 1.165) is 18.5 Å². The summed E-state index contributed by atoms with van der Waals surface area (Å²) in [6.07, 6.45) is 1.34. The molecule has 26 heavy (non-hydrogen) atoms. The molecule has 0 bridgehead atoms. The van der Waals surface area contributed by atoms with E-state index in [9.17, 15) is 18.0 Å². The number of amides is 2. The van der Waals surface area contributed by atoms with Crippen LogP contribution in [0.25, 0.3) is 10.8 Å². The van der Waals surface area contributed by atoms with E-state index in [2.05, 4.69) is 15.4 Å². The van der Waals surface area contributed by atoms with E-state index < -0.39 is 22.5 Å². The minimum absolute atomic E-state index is 0.105. The second-order valence-electron chi connectivity index (χ2n) is 6.24. The first kappa shape index (κ1) is 18.5. The van der Waals surface area contributed by atoms with Crippen molar-refractivity contribution in [3.05, 3.63) is 42.5 Å². The molecule has 1 saturated heterocycles. The average Bonchev–Trinajstić information content (AvgIpc) is 2.66. The molecule has 2 amide bonds. The Morgan fingerprint density at radius 3 is 2.50 bits per heavy atom. The number of piperidine rings is 1. The molecular formula is C18H21N3O4S. The molecule has 8 heteroatoms. The van der Waals surface area contributed by atoms with Crippen LogP contribution in [0.15, 0.2) is 47.4 Å². The lowest BCUT2D eigenvalue weighted by atomic mass is 9.97. The van der Waals surface area contributed by atoms with Crippen LogP contribution in [0.1, 0.15) is 12.8 Å². The van der Waals surface area contributed by atoms with Crippen molar-refractivity contribution in [3.8, 4) is 0 Å². The number of rotatable bonds is 5. The Hall–Kier alpha value is -2.29. The zero-order valence-electron chi connectivity index (χ0n) is 14.2. The highest BCUT2D eigenvalue weighted by Crippen LogP contribution is 2.22. The topological polar surface area (TPSA) is 104 Å².